The summed E-state index contributed by atoms with van der Waals surface area (Å²) in [5, 5.41) is 12.3. The Kier molecular flexibility index (Phi) is 4.91. The zero-order valence-electron chi connectivity index (χ0n) is 12.9. The van der Waals surface area contributed by atoms with Crippen LogP contribution in [-0.2, 0) is 4.74 Å². The van der Waals surface area contributed by atoms with Crippen LogP contribution in [-0.4, -0.2) is 53.5 Å². The SMILES string of the molecule is CC(C)(C)OC(=O)N1CC2CC(NCCCO)CC1C2. The number of amides is 1. The van der Waals surface area contributed by atoms with Crippen LogP contribution in [0.15, 0.2) is 0 Å². The van der Waals surface area contributed by atoms with Gasteiger partial charge in [-0.05, 0) is 58.9 Å². The quantitative estimate of drug-likeness (QED) is 0.772. The molecule has 2 N–H and O–H groups in total. The number of aliphatic hydroxyl groups excluding tert-OH is 1. The lowest BCUT2D eigenvalue weighted by Gasteiger charge is -2.31. The molecule has 0 spiro atoms. The van der Waals surface area contributed by atoms with Gasteiger partial charge in [-0.25, -0.2) is 4.79 Å². The summed E-state index contributed by atoms with van der Waals surface area (Å²) < 4.78 is 5.50. The van der Waals surface area contributed by atoms with Crippen LogP contribution >= 0.6 is 0 Å². The Labute approximate surface area is 121 Å². The van der Waals surface area contributed by atoms with Crippen molar-refractivity contribution in [2.45, 2.75) is 64.1 Å². The van der Waals surface area contributed by atoms with E-state index in [1.54, 1.807) is 0 Å². The van der Waals surface area contributed by atoms with Gasteiger partial charge in [-0.2, -0.15) is 0 Å². The molecule has 0 aromatic carbocycles. The summed E-state index contributed by atoms with van der Waals surface area (Å²) >= 11 is 0. The van der Waals surface area contributed by atoms with Gasteiger partial charge >= 0.3 is 6.09 Å². The number of likely N-dealkylation sites (tertiary alicyclic amines) is 1. The molecule has 1 saturated heterocycles. The largest absolute Gasteiger partial charge is 0.444 e. The molecule has 3 atom stereocenters. The third-order valence-electron chi connectivity index (χ3n) is 4.07. The van der Waals surface area contributed by atoms with Crippen LogP contribution in [0.5, 0.6) is 0 Å². The number of carbonyl (C=O) groups excluding carboxylic acids is 1. The van der Waals surface area contributed by atoms with Gasteiger partial charge in [0.15, 0.2) is 0 Å². The molecule has 1 aliphatic carbocycles. The molecule has 1 saturated carbocycles. The van der Waals surface area contributed by atoms with Gasteiger partial charge in [0.25, 0.3) is 0 Å². The first-order chi connectivity index (χ1) is 9.39. The van der Waals surface area contributed by atoms with Crippen molar-refractivity contribution in [3.05, 3.63) is 0 Å². The average Bonchev–Trinajstić information content (AvgIpc) is 2.63. The van der Waals surface area contributed by atoms with E-state index in [0.29, 0.717) is 18.0 Å². The molecule has 1 amide bonds. The Balaban J connectivity index is 1.86. The van der Waals surface area contributed by atoms with E-state index in [9.17, 15) is 4.79 Å². The fourth-order valence-electron chi connectivity index (χ4n) is 3.33. The highest BCUT2D eigenvalue weighted by atomic mass is 16.6. The number of nitrogens with zero attached hydrogens (tertiary/aromatic N) is 1. The summed E-state index contributed by atoms with van der Waals surface area (Å²) in [5.74, 6) is 0.591. The molecule has 0 radical (unpaired) electrons. The topological polar surface area (TPSA) is 61.8 Å². The summed E-state index contributed by atoms with van der Waals surface area (Å²) in [4.78, 5) is 14.1. The molecule has 20 heavy (non-hydrogen) atoms. The highest BCUT2D eigenvalue weighted by Gasteiger charge is 2.42. The Morgan fingerprint density at radius 1 is 1.35 bits per heavy atom. The predicted octanol–water partition coefficient (Wildman–Crippen LogP) is 1.75. The van der Waals surface area contributed by atoms with Crippen LogP contribution in [0.4, 0.5) is 4.79 Å². The van der Waals surface area contributed by atoms with E-state index in [-0.39, 0.29) is 12.7 Å². The second-order valence-corrected chi connectivity index (χ2v) is 7.09. The van der Waals surface area contributed by atoms with E-state index < -0.39 is 5.60 Å². The van der Waals surface area contributed by atoms with Crippen molar-refractivity contribution in [1.29, 1.82) is 0 Å². The van der Waals surface area contributed by atoms with Gasteiger partial charge in [0, 0.05) is 25.2 Å². The third kappa shape index (κ3) is 4.09. The first-order valence-electron chi connectivity index (χ1n) is 7.73. The molecule has 1 heterocycles. The minimum atomic E-state index is -0.424. The number of hydrogen-bond acceptors (Lipinski definition) is 4. The summed E-state index contributed by atoms with van der Waals surface area (Å²) in [6.07, 6.45) is 3.86. The maximum atomic E-state index is 12.2. The lowest BCUT2D eigenvalue weighted by molar-refractivity contribution is 0.0219. The number of aliphatic hydroxyl groups is 1. The maximum Gasteiger partial charge on any atom is 0.410 e. The first kappa shape index (κ1) is 15.6. The smallest absolute Gasteiger partial charge is 0.410 e. The van der Waals surface area contributed by atoms with Crippen molar-refractivity contribution in [2.24, 2.45) is 5.92 Å². The van der Waals surface area contributed by atoms with E-state index >= 15 is 0 Å². The normalized spacial score (nSPS) is 29.6. The molecule has 2 fully saturated rings. The zero-order chi connectivity index (χ0) is 14.8. The van der Waals surface area contributed by atoms with E-state index in [4.69, 9.17) is 9.84 Å². The van der Waals surface area contributed by atoms with Crippen LogP contribution in [0, 0.1) is 5.92 Å². The lowest BCUT2D eigenvalue weighted by Crippen LogP contribution is -2.43. The standard InChI is InChI=1S/C15H28N2O3/c1-15(2,3)20-14(19)17-10-11-7-12(9-13(17)8-11)16-5-4-6-18/h11-13,16,18H,4-10H2,1-3H3. The van der Waals surface area contributed by atoms with E-state index in [0.717, 1.165) is 38.8 Å². The predicted molar refractivity (Wildman–Crippen MR) is 77.6 cm³/mol. The summed E-state index contributed by atoms with van der Waals surface area (Å²) in [6, 6.07) is 0.785. The average molecular weight is 284 g/mol. The number of fused-ring (bicyclic) bond motifs is 2. The molecule has 5 heteroatoms. The number of rotatable bonds is 4. The van der Waals surface area contributed by atoms with Gasteiger partial charge in [0.1, 0.15) is 5.60 Å². The second kappa shape index (κ2) is 6.31. The molecule has 2 bridgehead atoms. The van der Waals surface area contributed by atoms with Crippen LogP contribution < -0.4 is 5.32 Å². The van der Waals surface area contributed by atoms with Crippen LogP contribution in [0.2, 0.25) is 0 Å². The van der Waals surface area contributed by atoms with Crippen molar-refractivity contribution in [1.82, 2.24) is 10.2 Å². The molecule has 5 nitrogen and oxygen atoms in total. The highest BCUT2D eigenvalue weighted by molar-refractivity contribution is 5.69. The van der Waals surface area contributed by atoms with E-state index in [2.05, 4.69) is 5.32 Å². The van der Waals surface area contributed by atoms with Crippen molar-refractivity contribution in [3.63, 3.8) is 0 Å². The van der Waals surface area contributed by atoms with Gasteiger partial charge in [-0.15, -0.1) is 0 Å². The molecule has 2 rings (SSSR count). The Morgan fingerprint density at radius 3 is 2.75 bits per heavy atom. The maximum absolute atomic E-state index is 12.2. The van der Waals surface area contributed by atoms with Gasteiger partial charge < -0.3 is 20.1 Å². The Morgan fingerprint density at radius 2 is 2.10 bits per heavy atom. The van der Waals surface area contributed by atoms with Gasteiger partial charge in [0.2, 0.25) is 0 Å². The highest BCUT2D eigenvalue weighted by Crippen LogP contribution is 2.36. The molecule has 0 aromatic heterocycles. The molecule has 1 aliphatic heterocycles. The van der Waals surface area contributed by atoms with Crippen LogP contribution in [0.3, 0.4) is 0 Å². The zero-order valence-corrected chi connectivity index (χ0v) is 12.9. The number of hydrogen-bond donors (Lipinski definition) is 2. The van der Waals surface area contributed by atoms with Gasteiger partial charge in [0.05, 0.1) is 0 Å². The lowest BCUT2D eigenvalue weighted by atomic mass is 9.86. The van der Waals surface area contributed by atoms with Crippen LogP contribution in [0.1, 0.15) is 46.5 Å². The Hall–Kier alpha value is -0.810. The van der Waals surface area contributed by atoms with Gasteiger partial charge in [-0.1, -0.05) is 0 Å². The van der Waals surface area contributed by atoms with Crippen LogP contribution in [0.25, 0.3) is 0 Å². The minimum Gasteiger partial charge on any atom is -0.444 e. The van der Waals surface area contributed by atoms with Crippen molar-refractivity contribution >= 4 is 6.09 Å². The molecule has 3 unspecified atom stereocenters. The molecular weight excluding hydrogens is 256 g/mol. The fourth-order valence-corrected chi connectivity index (χ4v) is 3.33. The number of ether oxygens (including phenoxy) is 1. The monoisotopic (exact) mass is 284 g/mol. The summed E-state index contributed by atoms with van der Waals surface area (Å²) in [7, 11) is 0. The molecule has 0 aromatic rings. The molecule has 116 valence electrons. The van der Waals surface area contributed by atoms with Crippen molar-refractivity contribution in [2.75, 3.05) is 19.7 Å². The summed E-state index contributed by atoms with van der Waals surface area (Å²) in [5.41, 5.74) is -0.424. The van der Waals surface area contributed by atoms with E-state index in [1.807, 2.05) is 25.7 Å². The summed E-state index contributed by atoms with van der Waals surface area (Å²) in [6.45, 7) is 7.65. The third-order valence-corrected chi connectivity index (χ3v) is 4.07. The van der Waals surface area contributed by atoms with E-state index in [1.165, 1.54) is 0 Å². The van der Waals surface area contributed by atoms with Gasteiger partial charge in [-0.3, -0.25) is 0 Å². The first-order valence-corrected chi connectivity index (χ1v) is 7.73. The second-order valence-electron chi connectivity index (χ2n) is 7.09. The molecular formula is C15H28N2O3. The number of carbonyl (C=O) groups is 1. The number of nitrogens with one attached hydrogen (secondary N) is 1. The van der Waals surface area contributed by atoms with Crippen molar-refractivity contribution < 1.29 is 14.6 Å². The Bertz CT molecular complexity index is 341. The fraction of sp³-hybridized carbons (Fsp3) is 0.933. The molecule has 2 aliphatic rings. The minimum absolute atomic E-state index is 0.166. The van der Waals surface area contributed by atoms with Crippen molar-refractivity contribution in [3.8, 4) is 0 Å².